The van der Waals surface area contributed by atoms with E-state index in [-0.39, 0.29) is 40.5 Å². The Labute approximate surface area is 155 Å². The second-order valence-corrected chi connectivity index (χ2v) is 5.92. The van der Waals surface area contributed by atoms with Crippen LogP contribution >= 0.6 is 23.2 Å². The molecule has 2 aromatic carbocycles. The first-order valence-electron chi connectivity index (χ1n) is 7.38. The number of rotatable bonds is 6. The second kappa shape index (κ2) is 8.60. The summed E-state index contributed by atoms with van der Waals surface area (Å²) in [5, 5.41) is 5.83. The Morgan fingerprint density at radius 1 is 1.16 bits per heavy atom. The summed E-state index contributed by atoms with van der Waals surface area (Å²) in [4.78, 5) is 24.1. The van der Waals surface area contributed by atoms with Crippen LogP contribution in [-0.4, -0.2) is 25.5 Å². The van der Waals surface area contributed by atoms with Crippen molar-refractivity contribution in [2.75, 3.05) is 24.7 Å². The number of nitrogens with two attached hydrogens (primary N) is 1. The number of nitrogen functional groups attached to an aromatic ring is 1. The number of methoxy groups -OCH3 is 1. The maximum Gasteiger partial charge on any atom is 0.255 e. The van der Waals surface area contributed by atoms with E-state index in [4.69, 9.17) is 33.7 Å². The van der Waals surface area contributed by atoms with Gasteiger partial charge in [0.25, 0.3) is 5.91 Å². The van der Waals surface area contributed by atoms with E-state index in [1.807, 2.05) is 0 Å². The second-order valence-electron chi connectivity index (χ2n) is 5.11. The Balaban J connectivity index is 1.87. The van der Waals surface area contributed by atoms with Crippen LogP contribution in [0.25, 0.3) is 0 Å². The molecule has 25 heavy (non-hydrogen) atoms. The molecule has 0 heterocycles. The van der Waals surface area contributed by atoms with Crippen molar-refractivity contribution in [2.45, 2.75) is 6.42 Å². The molecule has 0 unspecified atom stereocenters. The maximum absolute atomic E-state index is 12.1. The number of anilines is 2. The summed E-state index contributed by atoms with van der Waals surface area (Å²) in [6, 6.07) is 9.86. The molecule has 6 nitrogen and oxygen atoms in total. The number of ether oxygens (including phenoxy) is 1. The molecular formula is C17H17Cl2N3O3. The van der Waals surface area contributed by atoms with Crippen molar-refractivity contribution in [1.29, 1.82) is 0 Å². The topological polar surface area (TPSA) is 93.4 Å². The molecule has 4 N–H and O–H groups in total. The van der Waals surface area contributed by atoms with Crippen LogP contribution in [0.2, 0.25) is 10.0 Å². The van der Waals surface area contributed by atoms with Gasteiger partial charge in [0.05, 0.1) is 28.4 Å². The number of halogens is 2. The lowest BCUT2D eigenvalue weighted by Crippen LogP contribution is -2.28. The summed E-state index contributed by atoms with van der Waals surface area (Å²) in [6.45, 7) is 0.166. The summed E-state index contributed by atoms with van der Waals surface area (Å²) < 4.78 is 5.13. The summed E-state index contributed by atoms with van der Waals surface area (Å²) >= 11 is 11.8. The molecule has 2 amide bonds. The first kappa shape index (κ1) is 18.9. The minimum absolute atomic E-state index is 0.0838. The van der Waals surface area contributed by atoms with E-state index in [0.29, 0.717) is 17.0 Å². The predicted octanol–water partition coefficient (Wildman–Crippen LogP) is 3.34. The van der Waals surface area contributed by atoms with Crippen LogP contribution in [0.4, 0.5) is 11.4 Å². The molecule has 0 fully saturated rings. The van der Waals surface area contributed by atoms with Gasteiger partial charge in [-0.3, -0.25) is 9.59 Å². The number of benzene rings is 2. The first-order valence-corrected chi connectivity index (χ1v) is 8.13. The van der Waals surface area contributed by atoms with Gasteiger partial charge >= 0.3 is 0 Å². The minimum Gasteiger partial charge on any atom is -0.496 e. The third-order valence-corrected chi connectivity index (χ3v) is 3.98. The fourth-order valence-electron chi connectivity index (χ4n) is 2.10. The molecule has 0 bridgehead atoms. The molecule has 0 atom stereocenters. The predicted molar refractivity (Wildman–Crippen MR) is 99.4 cm³/mol. The molecule has 132 valence electrons. The van der Waals surface area contributed by atoms with E-state index >= 15 is 0 Å². The van der Waals surface area contributed by atoms with E-state index in [9.17, 15) is 9.59 Å². The zero-order valence-electron chi connectivity index (χ0n) is 13.4. The van der Waals surface area contributed by atoms with Gasteiger partial charge in [0.15, 0.2) is 0 Å². The van der Waals surface area contributed by atoms with Gasteiger partial charge in [0.2, 0.25) is 5.91 Å². The normalized spacial score (nSPS) is 10.2. The van der Waals surface area contributed by atoms with Crippen molar-refractivity contribution >= 4 is 46.4 Å². The monoisotopic (exact) mass is 381 g/mol. The molecule has 2 rings (SSSR count). The van der Waals surface area contributed by atoms with E-state index in [0.717, 1.165) is 0 Å². The van der Waals surface area contributed by atoms with Crippen LogP contribution < -0.4 is 21.1 Å². The molecule has 2 aromatic rings. The SMILES string of the molecule is COc1ccccc1C(=O)NCCC(=O)Nc1cc(Cl)c(N)c(Cl)c1. The van der Waals surface area contributed by atoms with Crippen LogP contribution in [0.1, 0.15) is 16.8 Å². The van der Waals surface area contributed by atoms with E-state index < -0.39 is 0 Å². The number of carbonyl (C=O) groups is 2. The molecule has 0 aliphatic carbocycles. The summed E-state index contributed by atoms with van der Waals surface area (Å²) in [6.07, 6.45) is 0.0838. The number of carbonyl (C=O) groups excluding carboxylic acids is 2. The van der Waals surface area contributed by atoms with Crippen molar-refractivity contribution in [3.05, 3.63) is 52.0 Å². The van der Waals surface area contributed by atoms with Gasteiger partial charge in [-0.15, -0.1) is 0 Å². The smallest absolute Gasteiger partial charge is 0.255 e. The summed E-state index contributed by atoms with van der Waals surface area (Å²) in [5.74, 6) is -0.142. The fraction of sp³-hybridized carbons (Fsp3) is 0.176. The molecule has 0 aliphatic rings. The van der Waals surface area contributed by atoms with Crippen molar-refractivity contribution < 1.29 is 14.3 Å². The highest BCUT2D eigenvalue weighted by atomic mass is 35.5. The van der Waals surface area contributed by atoms with Crippen LogP contribution in [-0.2, 0) is 4.79 Å². The lowest BCUT2D eigenvalue weighted by atomic mass is 10.2. The zero-order chi connectivity index (χ0) is 18.4. The molecule has 0 radical (unpaired) electrons. The number of hydrogen-bond donors (Lipinski definition) is 3. The largest absolute Gasteiger partial charge is 0.496 e. The molecule has 8 heteroatoms. The van der Waals surface area contributed by atoms with Gasteiger partial charge in [-0.1, -0.05) is 35.3 Å². The van der Waals surface area contributed by atoms with Crippen molar-refractivity contribution in [1.82, 2.24) is 5.32 Å². The Morgan fingerprint density at radius 3 is 2.44 bits per heavy atom. The quantitative estimate of drug-likeness (QED) is 0.668. The number of amides is 2. The summed E-state index contributed by atoms with van der Waals surface area (Å²) in [7, 11) is 1.49. The lowest BCUT2D eigenvalue weighted by Gasteiger charge is -2.10. The van der Waals surface area contributed by atoms with Crippen molar-refractivity contribution in [3.8, 4) is 5.75 Å². The number of nitrogens with one attached hydrogen (secondary N) is 2. The van der Waals surface area contributed by atoms with E-state index in [2.05, 4.69) is 10.6 Å². The average molecular weight is 382 g/mol. The number of hydrogen-bond acceptors (Lipinski definition) is 4. The van der Waals surface area contributed by atoms with Gasteiger partial charge in [-0.25, -0.2) is 0 Å². The standard InChI is InChI=1S/C17H17Cl2N3O3/c1-25-14-5-3-2-4-11(14)17(24)21-7-6-15(23)22-10-8-12(18)16(20)13(19)9-10/h2-5,8-9H,6-7,20H2,1H3,(H,21,24)(H,22,23). The van der Waals surface area contributed by atoms with Gasteiger partial charge in [-0.2, -0.15) is 0 Å². The van der Waals surface area contributed by atoms with Crippen LogP contribution in [0.15, 0.2) is 36.4 Å². The van der Waals surface area contributed by atoms with Gasteiger partial charge in [0.1, 0.15) is 5.75 Å². The highest BCUT2D eigenvalue weighted by Gasteiger charge is 2.12. The third-order valence-electron chi connectivity index (χ3n) is 3.35. The molecule has 0 aromatic heterocycles. The molecule has 0 saturated carbocycles. The fourth-order valence-corrected chi connectivity index (χ4v) is 2.58. The Morgan fingerprint density at radius 2 is 1.80 bits per heavy atom. The minimum atomic E-state index is -0.316. The van der Waals surface area contributed by atoms with Gasteiger partial charge in [-0.05, 0) is 24.3 Å². The Hall–Kier alpha value is -2.44. The first-order chi connectivity index (χ1) is 11.9. The lowest BCUT2D eigenvalue weighted by molar-refractivity contribution is -0.116. The van der Waals surface area contributed by atoms with Crippen molar-refractivity contribution in [2.24, 2.45) is 0 Å². The molecule has 0 saturated heterocycles. The Bertz CT molecular complexity index is 773. The summed E-state index contributed by atoms with van der Waals surface area (Å²) in [5.41, 5.74) is 6.74. The average Bonchev–Trinajstić information content (AvgIpc) is 2.59. The van der Waals surface area contributed by atoms with Gasteiger partial charge < -0.3 is 21.1 Å². The van der Waals surface area contributed by atoms with E-state index in [1.54, 1.807) is 24.3 Å². The van der Waals surface area contributed by atoms with Crippen LogP contribution in [0, 0.1) is 0 Å². The van der Waals surface area contributed by atoms with Crippen molar-refractivity contribution in [3.63, 3.8) is 0 Å². The molecule has 0 spiro atoms. The Kier molecular flexibility index (Phi) is 6.50. The zero-order valence-corrected chi connectivity index (χ0v) is 14.9. The highest BCUT2D eigenvalue weighted by Crippen LogP contribution is 2.31. The third kappa shape index (κ3) is 5.01. The number of para-hydroxylation sites is 1. The molecular weight excluding hydrogens is 365 g/mol. The van der Waals surface area contributed by atoms with Gasteiger partial charge in [0, 0.05) is 18.7 Å². The van der Waals surface area contributed by atoms with Crippen LogP contribution in [0.3, 0.4) is 0 Å². The highest BCUT2D eigenvalue weighted by molar-refractivity contribution is 6.39. The maximum atomic E-state index is 12.1. The molecule has 0 aliphatic heterocycles. The van der Waals surface area contributed by atoms with E-state index in [1.165, 1.54) is 19.2 Å². The van der Waals surface area contributed by atoms with Crippen LogP contribution in [0.5, 0.6) is 5.75 Å².